The van der Waals surface area contributed by atoms with Gasteiger partial charge in [-0.25, -0.2) is 9.37 Å². The van der Waals surface area contributed by atoms with Crippen LogP contribution in [0.1, 0.15) is 35.2 Å². The number of nitrogens with one attached hydrogen (secondary N) is 1. The van der Waals surface area contributed by atoms with Gasteiger partial charge in [-0.3, -0.25) is 0 Å². The lowest BCUT2D eigenvalue weighted by molar-refractivity contribution is 0.525. The van der Waals surface area contributed by atoms with Crippen LogP contribution >= 0.6 is 11.3 Å². The Morgan fingerprint density at radius 2 is 2.15 bits per heavy atom. The van der Waals surface area contributed by atoms with E-state index in [2.05, 4.69) is 24.1 Å². The third-order valence-corrected chi connectivity index (χ3v) is 4.14. The SMILES string of the molecule is Cc1ncc(CC(CNC(C)C)c2cccc(F)c2)s1. The zero-order valence-corrected chi connectivity index (χ0v) is 13.0. The average molecular weight is 292 g/mol. The highest BCUT2D eigenvalue weighted by atomic mass is 32.1. The molecule has 1 heterocycles. The molecule has 2 aromatic rings. The van der Waals surface area contributed by atoms with E-state index in [-0.39, 0.29) is 11.7 Å². The second-order valence-electron chi connectivity index (χ2n) is 5.36. The lowest BCUT2D eigenvalue weighted by Crippen LogP contribution is -2.28. The zero-order valence-electron chi connectivity index (χ0n) is 12.2. The molecule has 2 rings (SSSR count). The van der Waals surface area contributed by atoms with Gasteiger partial charge in [0, 0.05) is 29.6 Å². The number of hydrogen-bond acceptors (Lipinski definition) is 3. The Labute approximate surface area is 124 Å². The summed E-state index contributed by atoms with van der Waals surface area (Å²) in [6, 6.07) is 7.34. The van der Waals surface area contributed by atoms with Gasteiger partial charge in [-0.15, -0.1) is 11.3 Å². The quantitative estimate of drug-likeness (QED) is 0.873. The average Bonchev–Trinajstić information content (AvgIpc) is 2.80. The normalized spacial score (nSPS) is 12.8. The summed E-state index contributed by atoms with van der Waals surface area (Å²) in [4.78, 5) is 5.55. The van der Waals surface area contributed by atoms with Gasteiger partial charge in [0.05, 0.1) is 5.01 Å². The first-order valence-electron chi connectivity index (χ1n) is 6.94. The lowest BCUT2D eigenvalue weighted by atomic mass is 9.94. The Hall–Kier alpha value is -1.26. The van der Waals surface area contributed by atoms with Crippen molar-refractivity contribution in [2.24, 2.45) is 0 Å². The molecule has 0 bridgehead atoms. The van der Waals surface area contributed by atoms with Crippen LogP contribution in [0.15, 0.2) is 30.5 Å². The van der Waals surface area contributed by atoms with Crippen molar-refractivity contribution in [1.82, 2.24) is 10.3 Å². The molecule has 1 aromatic carbocycles. The van der Waals surface area contributed by atoms with Crippen molar-refractivity contribution in [3.05, 3.63) is 51.7 Å². The van der Waals surface area contributed by atoms with Crippen molar-refractivity contribution in [2.45, 2.75) is 39.2 Å². The first-order valence-corrected chi connectivity index (χ1v) is 7.76. The van der Waals surface area contributed by atoms with E-state index in [0.29, 0.717) is 6.04 Å². The second kappa shape index (κ2) is 6.95. The molecular formula is C16H21FN2S. The molecule has 2 nitrogen and oxygen atoms in total. The highest BCUT2D eigenvalue weighted by Crippen LogP contribution is 2.24. The molecule has 1 aromatic heterocycles. The molecule has 1 atom stereocenters. The van der Waals surface area contributed by atoms with Gasteiger partial charge in [-0.2, -0.15) is 0 Å². The van der Waals surface area contributed by atoms with Gasteiger partial charge in [0.1, 0.15) is 5.82 Å². The molecule has 0 radical (unpaired) electrons. The van der Waals surface area contributed by atoms with Crippen molar-refractivity contribution in [3.63, 3.8) is 0 Å². The van der Waals surface area contributed by atoms with Gasteiger partial charge in [-0.05, 0) is 31.0 Å². The predicted molar refractivity (Wildman–Crippen MR) is 82.8 cm³/mol. The number of hydrogen-bond donors (Lipinski definition) is 1. The summed E-state index contributed by atoms with van der Waals surface area (Å²) in [5.74, 6) is 0.102. The van der Waals surface area contributed by atoms with E-state index in [4.69, 9.17) is 0 Å². The van der Waals surface area contributed by atoms with Crippen LogP contribution in [-0.2, 0) is 6.42 Å². The highest BCUT2D eigenvalue weighted by Gasteiger charge is 2.15. The van der Waals surface area contributed by atoms with E-state index < -0.39 is 0 Å². The second-order valence-corrected chi connectivity index (χ2v) is 6.68. The fourth-order valence-electron chi connectivity index (χ4n) is 2.19. The molecule has 0 aliphatic carbocycles. The van der Waals surface area contributed by atoms with Crippen LogP contribution in [0.2, 0.25) is 0 Å². The summed E-state index contributed by atoms with van der Waals surface area (Å²) < 4.78 is 13.4. The number of rotatable bonds is 6. The predicted octanol–water partition coefficient (Wildman–Crippen LogP) is 3.91. The van der Waals surface area contributed by atoms with Gasteiger partial charge in [0.2, 0.25) is 0 Å². The minimum Gasteiger partial charge on any atom is -0.314 e. The van der Waals surface area contributed by atoms with Gasteiger partial charge >= 0.3 is 0 Å². The summed E-state index contributed by atoms with van der Waals surface area (Å²) in [5, 5.41) is 4.53. The van der Waals surface area contributed by atoms with E-state index in [0.717, 1.165) is 23.5 Å². The third kappa shape index (κ3) is 4.39. The minimum absolute atomic E-state index is 0.169. The number of nitrogens with zero attached hydrogens (tertiary/aromatic N) is 1. The molecule has 1 N–H and O–H groups in total. The van der Waals surface area contributed by atoms with Crippen molar-refractivity contribution >= 4 is 11.3 Å². The monoisotopic (exact) mass is 292 g/mol. The fourth-order valence-corrected chi connectivity index (χ4v) is 3.06. The number of thiazole rings is 1. The van der Waals surface area contributed by atoms with Gasteiger partial charge in [0.25, 0.3) is 0 Å². The van der Waals surface area contributed by atoms with E-state index in [1.807, 2.05) is 19.2 Å². The van der Waals surface area contributed by atoms with Crippen molar-refractivity contribution in [2.75, 3.05) is 6.54 Å². The van der Waals surface area contributed by atoms with Crippen LogP contribution in [0.5, 0.6) is 0 Å². The number of aryl methyl sites for hydroxylation is 1. The Kier molecular flexibility index (Phi) is 5.26. The number of halogens is 1. The maximum atomic E-state index is 13.4. The van der Waals surface area contributed by atoms with Crippen LogP contribution in [-0.4, -0.2) is 17.6 Å². The summed E-state index contributed by atoms with van der Waals surface area (Å²) in [5.41, 5.74) is 1.05. The van der Waals surface area contributed by atoms with Gasteiger partial charge in [-0.1, -0.05) is 26.0 Å². The lowest BCUT2D eigenvalue weighted by Gasteiger charge is -2.19. The zero-order chi connectivity index (χ0) is 14.5. The molecule has 20 heavy (non-hydrogen) atoms. The molecule has 108 valence electrons. The van der Waals surface area contributed by atoms with Crippen LogP contribution in [0, 0.1) is 12.7 Å². The van der Waals surface area contributed by atoms with Crippen LogP contribution in [0.4, 0.5) is 4.39 Å². The minimum atomic E-state index is -0.169. The Balaban J connectivity index is 2.15. The van der Waals surface area contributed by atoms with Gasteiger partial charge < -0.3 is 5.32 Å². The molecule has 0 aliphatic heterocycles. The van der Waals surface area contributed by atoms with Crippen LogP contribution in [0.3, 0.4) is 0 Å². The maximum absolute atomic E-state index is 13.4. The summed E-state index contributed by atoms with van der Waals surface area (Å²) in [7, 11) is 0. The molecule has 0 spiro atoms. The van der Waals surface area contributed by atoms with E-state index >= 15 is 0 Å². The first kappa shape index (κ1) is 15.1. The molecular weight excluding hydrogens is 271 g/mol. The third-order valence-electron chi connectivity index (χ3n) is 3.21. The van der Waals surface area contributed by atoms with Crippen molar-refractivity contribution in [3.8, 4) is 0 Å². The molecule has 0 aliphatic rings. The van der Waals surface area contributed by atoms with Crippen molar-refractivity contribution in [1.29, 1.82) is 0 Å². The maximum Gasteiger partial charge on any atom is 0.123 e. The van der Waals surface area contributed by atoms with Crippen LogP contribution < -0.4 is 5.32 Å². The standard InChI is InChI=1S/C16H21FN2S/c1-11(2)18-9-14(8-16-10-19-12(3)20-16)13-5-4-6-15(17)7-13/h4-7,10-11,14,18H,8-9H2,1-3H3. The molecule has 0 fully saturated rings. The Bertz CT molecular complexity index is 551. The molecule has 0 amide bonds. The molecule has 0 saturated carbocycles. The van der Waals surface area contributed by atoms with E-state index in [1.165, 1.54) is 10.9 Å². The summed E-state index contributed by atoms with van der Waals surface area (Å²) in [6.45, 7) is 7.11. The highest BCUT2D eigenvalue weighted by molar-refractivity contribution is 7.11. The number of aromatic nitrogens is 1. The number of benzene rings is 1. The Morgan fingerprint density at radius 3 is 2.75 bits per heavy atom. The Morgan fingerprint density at radius 1 is 1.35 bits per heavy atom. The van der Waals surface area contributed by atoms with Crippen LogP contribution in [0.25, 0.3) is 0 Å². The molecule has 4 heteroatoms. The topological polar surface area (TPSA) is 24.9 Å². The molecule has 1 unspecified atom stereocenters. The smallest absolute Gasteiger partial charge is 0.123 e. The first-order chi connectivity index (χ1) is 9.54. The van der Waals surface area contributed by atoms with Gasteiger partial charge in [0.15, 0.2) is 0 Å². The van der Waals surface area contributed by atoms with Crippen molar-refractivity contribution < 1.29 is 4.39 Å². The van der Waals surface area contributed by atoms with E-state index in [9.17, 15) is 4.39 Å². The summed E-state index contributed by atoms with van der Waals surface area (Å²) in [6.07, 6.45) is 2.83. The van der Waals surface area contributed by atoms with E-state index in [1.54, 1.807) is 23.5 Å². The fraction of sp³-hybridized carbons (Fsp3) is 0.438. The summed E-state index contributed by atoms with van der Waals surface area (Å²) >= 11 is 1.72. The molecule has 0 saturated heterocycles. The largest absolute Gasteiger partial charge is 0.314 e.